The van der Waals surface area contributed by atoms with Crippen LogP contribution in [-0.2, 0) is 0 Å². The van der Waals surface area contributed by atoms with Gasteiger partial charge in [-0.2, -0.15) is 0 Å². The van der Waals surface area contributed by atoms with Crippen LogP contribution in [0.1, 0.15) is 6.42 Å². The predicted octanol–water partition coefficient (Wildman–Crippen LogP) is 2.80. The molecule has 0 aliphatic carbocycles. The summed E-state index contributed by atoms with van der Waals surface area (Å²) in [5, 5.41) is 13.1. The highest BCUT2D eigenvalue weighted by molar-refractivity contribution is 9.10. The summed E-state index contributed by atoms with van der Waals surface area (Å²) in [7, 11) is 0. The molecule has 1 aliphatic heterocycles. The van der Waals surface area contributed by atoms with Crippen LogP contribution in [-0.4, -0.2) is 45.7 Å². The van der Waals surface area contributed by atoms with Gasteiger partial charge < -0.3 is 15.3 Å². The fourth-order valence-electron chi connectivity index (χ4n) is 2.49. The first-order chi connectivity index (χ1) is 10.1. The zero-order valence-electron chi connectivity index (χ0n) is 11.3. The van der Waals surface area contributed by atoms with Crippen LogP contribution in [0.15, 0.2) is 28.9 Å². The maximum atomic E-state index is 10.9. The molecule has 2 heterocycles. The van der Waals surface area contributed by atoms with Crippen LogP contribution in [0, 0.1) is 5.92 Å². The fourth-order valence-corrected chi connectivity index (χ4v) is 2.84. The molecule has 110 valence electrons. The Hall–Kier alpha value is -1.89. The zero-order chi connectivity index (χ0) is 14.8. The van der Waals surface area contributed by atoms with Crippen molar-refractivity contribution in [2.45, 2.75) is 6.42 Å². The Kier molecular flexibility index (Phi) is 3.92. The summed E-state index contributed by atoms with van der Waals surface area (Å²) < 4.78 is 0.979. The van der Waals surface area contributed by atoms with Crippen LogP contribution >= 0.6 is 15.9 Å². The van der Waals surface area contributed by atoms with Gasteiger partial charge in [0.1, 0.15) is 0 Å². The van der Waals surface area contributed by atoms with Crippen molar-refractivity contribution in [3.63, 3.8) is 0 Å². The fraction of sp³-hybridized carbons (Fsp3) is 0.357. The number of benzene rings is 1. The number of hydrogen-bond donors (Lipinski definition) is 2. The molecule has 2 N–H and O–H groups in total. The molecule has 21 heavy (non-hydrogen) atoms. The van der Waals surface area contributed by atoms with Gasteiger partial charge in [-0.3, -0.25) is 0 Å². The van der Waals surface area contributed by atoms with Crippen LogP contribution in [0.5, 0.6) is 0 Å². The van der Waals surface area contributed by atoms with E-state index >= 15 is 0 Å². The van der Waals surface area contributed by atoms with E-state index in [9.17, 15) is 4.79 Å². The number of fused-ring (bicyclic) bond motifs is 1. The Morgan fingerprint density at radius 2 is 2.38 bits per heavy atom. The number of nitrogens with zero attached hydrogens (tertiary/aromatic N) is 3. The van der Waals surface area contributed by atoms with E-state index in [0.29, 0.717) is 31.5 Å². The predicted molar refractivity (Wildman–Crippen MR) is 83.4 cm³/mol. The SMILES string of the molecule is O=C(O)N1CC[C@H](CNc2ncc3ccc(Br)cc3n2)C1. The number of likely N-dealkylation sites (tertiary alicyclic amines) is 1. The second-order valence-electron chi connectivity index (χ2n) is 5.16. The summed E-state index contributed by atoms with van der Waals surface area (Å²) in [5.74, 6) is 0.886. The molecule has 0 spiro atoms. The Morgan fingerprint density at radius 3 is 3.14 bits per heavy atom. The van der Waals surface area contributed by atoms with Crippen LogP contribution in [0.3, 0.4) is 0 Å². The lowest BCUT2D eigenvalue weighted by molar-refractivity contribution is 0.154. The van der Waals surface area contributed by atoms with Gasteiger partial charge in [-0.25, -0.2) is 14.8 Å². The van der Waals surface area contributed by atoms with E-state index in [1.54, 1.807) is 6.20 Å². The van der Waals surface area contributed by atoms with Crippen molar-refractivity contribution in [1.82, 2.24) is 14.9 Å². The maximum absolute atomic E-state index is 10.9. The Bertz CT molecular complexity index is 679. The number of amides is 1. The molecule has 6 nitrogen and oxygen atoms in total. The normalized spacial score (nSPS) is 18.1. The largest absolute Gasteiger partial charge is 0.465 e. The summed E-state index contributed by atoms with van der Waals surface area (Å²) in [6.45, 7) is 1.86. The molecule has 1 saturated heterocycles. The Balaban J connectivity index is 1.64. The average molecular weight is 351 g/mol. The van der Waals surface area contributed by atoms with Gasteiger partial charge in [-0.1, -0.05) is 22.0 Å². The third kappa shape index (κ3) is 3.24. The minimum atomic E-state index is -0.843. The zero-order valence-corrected chi connectivity index (χ0v) is 12.9. The van der Waals surface area contributed by atoms with Gasteiger partial charge in [0.25, 0.3) is 0 Å². The molecule has 3 rings (SSSR count). The molecule has 1 amide bonds. The van der Waals surface area contributed by atoms with Gasteiger partial charge in [0.05, 0.1) is 5.52 Å². The van der Waals surface area contributed by atoms with Gasteiger partial charge >= 0.3 is 6.09 Å². The quantitative estimate of drug-likeness (QED) is 0.889. The first-order valence-corrected chi connectivity index (χ1v) is 7.55. The molecule has 1 atom stereocenters. The highest BCUT2D eigenvalue weighted by atomic mass is 79.9. The van der Waals surface area contributed by atoms with Crippen LogP contribution in [0.4, 0.5) is 10.7 Å². The maximum Gasteiger partial charge on any atom is 0.407 e. The number of halogens is 1. The minimum Gasteiger partial charge on any atom is -0.465 e. The number of carbonyl (C=O) groups is 1. The lowest BCUT2D eigenvalue weighted by Crippen LogP contribution is -2.28. The molecule has 7 heteroatoms. The van der Waals surface area contributed by atoms with Crippen molar-refractivity contribution in [3.05, 3.63) is 28.9 Å². The summed E-state index contributed by atoms with van der Waals surface area (Å²) >= 11 is 3.43. The van der Waals surface area contributed by atoms with E-state index in [1.807, 2.05) is 18.2 Å². The summed E-state index contributed by atoms with van der Waals surface area (Å²) in [6, 6.07) is 5.87. The number of carboxylic acid groups (broad SMARTS) is 1. The highest BCUT2D eigenvalue weighted by Crippen LogP contribution is 2.20. The smallest absolute Gasteiger partial charge is 0.407 e. The van der Waals surface area contributed by atoms with Gasteiger partial charge in [0.15, 0.2) is 0 Å². The summed E-state index contributed by atoms with van der Waals surface area (Å²) in [5.41, 5.74) is 0.875. The molecular formula is C14H15BrN4O2. The van der Waals surface area contributed by atoms with E-state index in [2.05, 4.69) is 31.2 Å². The Labute approximate surface area is 130 Å². The van der Waals surface area contributed by atoms with E-state index in [1.165, 1.54) is 4.90 Å². The molecule has 0 radical (unpaired) electrons. The average Bonchev–Trinajstić information content (AvgIpc) is 2.93. The minimum absolute atomic E-state index is 0.308. The second kappa shape index (κ2) is 5.85. The topological polar surface area (TPSA) is 78.4 Å². The number of rotatable bonds is 3. The van der Waals surface area contributed by atoms with Crippen molar-refractivity contribution in [2.24, 2.45) is 5.92 Å². The van der Waals surface area contributed by atoms with Crippen molar-refractivity contribution < 1.29 is 9.90 Å². The third-order valence-electron chi connectivity index (χ3n) is 3.65. The molecular weight excluding hydrogens is 336 g/mol. The molecule has 0 bridgehead atoms. The van der Waals surface area contributed by atoms with E-state index < -0.39 is 6.09 Å². The number of nitrogens with one attached hydrogen (secondary N) is 1. The molecule has 2 aromatic rings. The number of aromatic nitrogens is 2. The molecule has 1 fully saturated rings. The number of hydrogen-bond acceptors (Lipinski definition) is 4. The molecule has 1 aromatic heterocycles. The first kappa shape index (κ1) is 14.1. The van der Waals surface area contributed by atoms with Crippen molar-refractivity contribution in [3.8, 4) is 0 Å². The van der Waals surface area contributed by atoms with Crippen LogP contribution in [0.25, 0.3) is 10.9 Å². The van der Waals surface area contributed by atoms with E-state index in [4.69, 9.17) is 5.11 Å². The van der Waals surface area contributed by atoms with Crippen molar-refractivity contribution >= 4 is 38.9 Å². The third-order valence-corrected chi connectivity index (χ3v) is 4.14. The summed E-state index contributed by atoms with van der Waals surface area (Å²) in [6.07, 6.45) is 1.82. The van der Waals surface area contributed by atoms with Gasteiger partial charge in [0.2, 0.25) is 5.95 Å². The lowest BCUT2D eigenvalue weighted by atomic mass is 10.1. The standard InChI is InChI=1S/C14H15BrN4O2/c15-11-2-1-10-7-17-13(18-12(10)5-11)16-6-9-3-4-19(8-9)14(20)21/h1-2,5,7,9H,3-4,6,8H2,(H,20,21)(H,16,17,18)/t9-/m1/s1. The van der Waals surface area contributed by atoms with Gasteiger partial charge in [-0.15, -0.1) is 0 Å². The van der Waals surface area contributed by atoms with Gasteiger partial charge in [-0.05, 0) is 24.5 Å². The monoisotopic (exact) mass is 350 g/mol. The van der Waals surface area contributed by atoms with Crippen LogP contribution in [0.2, 0.25) is 0 Å². The first-order valence-electron chi connectivity index (χ1n) is 6.76. The molecule has 0 saturated carbocycles. The van der Waals surface area contributed by atoms with Gasteiger partial charge in [0, 0.05) is 35.7 Å². The van der Waals surface area contributed by atoms with E-state index in [-0.39, 0.29) is 0 Å². The van der Waals surface area contributed by atoms with E-state index in [0.717, 1.165) is 21.8 Å². The molecule has 0 unspecified atom stereocenters. The highest BCUT2D eigenvalue weighted by Gasteiger charge is 2.25. The second-order valence-corrected chi connectivity index (χ2v) is 6.08. The van der Waals surface area contributed by atoms with Crippen molar-refractivity contribution in [2.75, 3.05) is 25.0 Å². The lowest BCUT2D eigenvalue weighted by Gasteiger charge is -2.13. The molecule has 1 aromatic carbocycles. The molecule has 1 aliphatic rings. The number of anilines is 1. The van der Waals surface area contributed by atoms with Crippen LogP contribution < -0.4 is 5.32 Å². The summed E-state index contributed by atoms with van der Waals surface area (Å²) in [4.78, 5) is 21.1. The Morgan fingerprint density at radius 1 is 1.52 bits per heavy atom. The van der Waals surface area contributed by atoms with Crippen molar-refractivity contribution in [1.29, 1.82) is 0 Å².